The van der Waals surface area contributed by atoms with Crippen LogP contribution in [0.2, 0.25) is 0 Å². The number of guanidine groups is 1. The SMILES string of the molecule is CCNC(=NCc1ccccc1OC(F)F)NCc1ncc(CC)s1.I. The van der Waals surface area contributed by atoms with Gasteiger partial charge in [-0.1, -0.05) is 25.1 Å². The second kappa shape index (κ2) is 12.0. The molecule has 2 aromatic rings. The standard InChI is InChI=1S/C17H22F2N4OS.HI/c1-3-13-10-21-15(25-13)11-23-17(20-4-2)22-9-12-7-5-6-8-14(12)24-16(18)19;/h5-8,10,16H,3-4,9,11H2,1-2H3,(H2,20,22,23);1H. The molecule has 0 aliphatic rings. The maximum absolute atomic E-state index is 12.5. The third-order valence-electron chi connectivity index (χ3n) is 3.30. The Balaban J connectivity index is 0.00000338. The lowest BCUT2D eigenvalue weighted by molar-refractivity contribution is -0.0504. The highest BCUT2D eigenvalue weighted by atomic mass is 127. The van der Waals surface area contributed by atoms with E-state index in [0.717, 1.165) is 11.4 Å². The fourth-order valence-corrected chi connectivity index (χ4v) is 2.91. The van der Waals surface area contributed by atoms with Crippen LogP contribution in [-0.4, -0.2) is 24.1 Å². The molecular formula is C17H23F2IN4OS. The highest BCUT2D eigenvalue weighted by molar-refractivity contribution is 14.0. The number of nitrogens with zero attached hydrogens (tertiary/aromatic N) is 2. The van der Waals surface area contributed by atoms with Crippen molar-refractivity contribution < 1.29 is 13.5 Å². The Morgan fingerprint density at radius 2 is 2.04 bits per heavy atom. The zero-order valence-corrected chi connectivity index (χ0v) is 17.8. The summed E-state index contributed by atoms with van der Waals surface area (Å²) in [5.41, 5.74) is 0.600. The van der Waals surface area contributed by atoms with Crippen molar-refractivity contribution in [1.29, 1.82) is 0 Å². The number of nitrogens with one attached hydrogen (secondary N) is 2. The van der Waals surface area contributed by atoms with Gasteiger partial charge in [0.25, 0.3) is 0 Å². The number of aromatic nitrogens is 1. The molecule has 1 aromatic heterocycles. The van der Waals surface area contributed by atoms with Gasteiger partial charge >= 0.3 is 6.61 Å². The number of hydrogen-bond donors (Lipinski definition) is 2. The largest absolute Gasteiger partial charge is 0.434 e. The van der Waals surface area contributed by atoms with Crippen LogP contribution in [0.4, 0.5) is 8.78 Å². The van der Waals surface area contributed by atoms with Crippen LogP contribution in [0.1, 0.15) is 29.3 Å². The minimum atomic E-state index is -2.85. The van der Waals surface area contributed by atoms with E-state index in [4.69, 9.17) is 0 Å². The van der Waals surface area contributed by atoms with Gasteiger partial charge in [0.05, 0.1) is 13.1 Å². The number of ether oxygens (including phenoxy) is 1. The Bertz CT molecular complexity index is 697. The molecule has 0 radical (unpaired) electrons. The van der Waals surface area contributed by atoms with Crippen molar-refractivity contribution in [3.8, 4) is 5.75 Å². The van der Waals surface area contributed by atoms with E-state index in [1.807, 2.05) is 13.1 Å². The van der Waals surface area contributed by atoms with Crippen LogP contribution in [0.25, 0.3) is 0 Å². The van der Waals surface area contributed by atoms with Gasteiger partial charge in [-0.25, -0.2) is 9.98 Å². The van der Waals surface area contributed by atoms with Gasteiger partial charge in [-0.15, -0.1) is 35.3 Å². The Hall–Kier alpha value is -1.49. The van der Waals surface area contributed by atoms with Gasteiger partial charge in [0.2, 0.25) is 0 Å². The van der Waals surface area contributed by atoms with Crippen molar-refractivity contribution in [2.24, 2.45) is 4.99 Å². The van der Waals surface area contributed by atoms with Crippen molar-refractivity contribution in [1.82, 2.24) is 15.6 Å². The quantitative estimate of drug-likeness (QED) is 0.327. The summed E-state index contributed by atoms with van der Waals surface area (Å²) in [5.74, 6) is 0.743. The first-order valence-corrected chi connectivity index (χ1v) is 8.92. The molecule has 0 saturated carbocycles. The Labute approximate surface area is 173 Å². The number of hydrogen-bond acceptors (Lipinski definition) is 4. The van der Waals surface area contributed by atoms with Crippen molar-refractivity contribution in [2.45, 2.75) is 40.0 Å². The first-order chi connectivity index (χ1) is 12.1. The molecular weight excluding hydrogens is 473 g/mol. The zero-order valence-electron chi connectivity index (χ0n) is 14.7. The molecule has 0 aliphatic carbocycles. The Kier molecular flexibility index (Phi) is 10.4. The van der Waals surface area contributed by atoms with Crippen molar-refractivity contribution in [3.05, 3.63) is 45.9 Å². The predicted molar refractivity (Wildman–Crippen MR) is 112 cm³/mol. The number of alkyl halides is 2. The summed E-state index contributed by atoms with van der Waals surface area (Å²) in [6.07, 6.45) is 2.84. The van der Waals surface area contributed by atoms with E-state index in [-0.39, 0.29) is 36.3 Å². The number of halogens is 3. The van der Waals surface area contributed by atoms with Crippen LogP contribution in [0.3, 0.4) is 0 Å². The van der Waals surface area contributed by atoms with Crippen LogP contribution >= 0.6 is 35.3 Å². The first kappa shape index (κ1) is 22.6. The molecule has 0 fully saturated rings. The van der Waals surface area contributed by atoms with E-state index in [9.17, 15) is 8.78 Å². The monoisotopic (exact) mass is 496 g/mol. The van der Waals surface area contributed by atoms with Gasteiger partial charge in [0.15, 0.2) is 5.96 Å². The van der Waals surface area contributed by atoms with Crippen LogP contribution in [-0.2, 0) is 19.5 Å². The molecule has 9 heteroatoms. The van der Waals surface area contributed by atoms with E-state index in [1.54, 1.807) is 29.5 Å². The van der Waals surface area contributed by atoms with Crippen LogP contribution in [0.15, 0.2) is 35.5 Å². The van der Waals surface area contributed by atoms with Crippen molar-refractivity contribution in [2.75, 3.05) is 6.54 Å². The highest BCUT2D eigenvalue weighted by Crippen LogP contribution is 2.21. The van der Waals surface area contributed by atoms with Gasteiger partial charge in [0, 0.05) is 23.2 Å². The van der Waals surface area contributed by atoms with Crippen molar-refractivity contribution >= 4 is 41.3 Å². The third-order valence-corrected chi connectivity index (χ3v) is 4.44. The lowest BCUT2D eigenvalue weighted by Gasteiger charge is -2.12. The van der Waals surface area contributed by atoms with E-state index >= 15 is 0 Å². The molecule has 0 bridgehead atoms. The third kappa shape index (κ3) is 7.40. The number of aryl methyl sites for hydroxylation is 1. The molecule has 2 rings (SSSR count). The molecule has 1 aromatic carbocycles. The number of benzene rings is 1. The zero-order chi connectivity index (χ0) is 18.1. The maximum Gasteiger partial charge on any atom is 0.387 e. The molecule has 0 atom stereocenters. The van der Waals surface area contributed by atoms with Gasteiger partial charge < -0.3 is 15.4 Å². The van der Waals surface area contributed by atoms with Crippen LogP contribution in [0.5, 0.6) is 5.75 Å². The maximum atomic E-state index is 12.5. The topological polar surface area (TPSA) is 58.5 Å². The number of rotatable bonds is 8. The normalized spacial score (nSPS) is 11.2. The fourth-order valence-electron chi connectivity index (χ4n) is 2.10. The second-order valence-electron chi connectivity index (χ2n) is 5.11. The number of thiazole rings is 1. The molecule has 5 nitrogen and oxygen atoms in total. The molecule has 1 heterocycles. The lowest BCUT2D eigenvalue weighted by Crippen LogP contribution is -2.36. The average Bonchev–Trinajstić information content (AvgIpc) is 3.06. The van der Waals surface area contributed by atoms with Gasteiger partial charge in [0.1, 0.15) is 10.8 Å². The fraction of sp³-hybridized carbons (Fsp3) is 0.412. The summed E-state index contributed by atoms with van der Waals surface area (Å²) in [6.45, 7) is 2.69. The summed E-state index contributed by atoms with van der Waals surface area (Å²) >= 11 is 1.66. The smallest absolute Gasteiger partial charge is 0.387 e. The minimum absolute atomic E-state index is 0. The number of aliphatic imine (C=N–C) groups is 1. The first-order valence-electron chi connectivity index (χ1n) is 8.10. The summed E-state index contributed by atoms with van der Waals surface area (Å²) in [4.78, 5) is 10.0. The van der Waals surface area contributed by atoms with E-state index < -0.39 is 6.61 Å². The predicted octanol–water partition coefficient (Wildman–Crippen LogP) is 4.18. The van der Waals surface area contributed by atoms with Gasteiger partial charge in [-0.2, -0.15) is 8.78 Å². The summed E-state index contributed by atoms with van der Waals surface area (Å²) in [5, 5.41) is 7.31. The molecule has 0 spiro atoms. The molecule has 2 N–H and O–H groups in total. The Morgan fingerprint density at radius 1 is 1.27 bits per heavy atom. The van der Waals surface area contributed by atoms with Gasteiger partial charge in [-0.3, -0.25) is 0 Å². The number of para-hydroxylation sites is 1. The van der Waals surface area contributed by atoms with Gasteiger partial charge in [-0.05, 0) is 19.4 Å². The summed E-state index contributed by atoms with van der Waals surface area (Å²) in [7, 11) is 0. The highest BCUT2D eigenvalue weighted by Gasteiger charge is 2.09. The van der Waals surface area contributed by atoms with E-state index in [1.165, 1.54) is 10.9 Å². The van der Waals surface area contributed by atoms with Crippen LogP contribution < -0.4 is 15.4 Å². The average molecular weight is 496 g/mol. The summed E-state index contributed by atoms with van der Waals surface area (Å²) in [6, 6.07) is 6.66. The second-order valence-corrected chi connectivity index (χ2v) is 6.31. The minimum Gasteiger partial charge on any atom is -0.434 e. The molecule has 26 heavy (non-hydrogen) atoms. The van der Waals surface area contributed by atoms with E-state index in [2.05, 4.69) is 32.3 Å². The van der Waals surface area contributed by atoms with E-state index in [0.29, 0.717) is 24.6 Å². The summed E-state index contributed by atoms with van der Waals surface area (Å²) < 4.78 is 29.5. The molecule has 0 aliphatic heterocycles. The lowest BCUT2D eigenvalue weighted by atomic mass is 10.2. The molecule has 0 saturated heterocycles. The molecule has 144 valence electrons. The van der Waals surface area contributed by atoms with Crippen LogP contribution in [0, 0.1) is 0 Å². The molecule has 0 unspecified atom stereocenters. The van der Waals surface area contributed by atoms with Crippen molar-refractivity contribution in [3.63, 3.8) is 0 Å². The Morgan fingerprint density at radius 3 is 2.69 bits per heavy atom. The molecule has 0 amide bonds.